The fourth-order valence-electron chi connectivity index (χ4n) is 2.38. The molecule has 0 unspecified atom stereocenters. The average Bonchev–Trinajstić information content (AvgIpc) is 3.08. The molecule has 1 fully saturated rings. The van der Waals surface area contributed by atoms with Gasteiger partial charge >= 0.3 is 0 Å². The second-order valence-electron chi connectivity index (χ2n) is 5.39. The van der Waals surface area contributed by atoms with Crippen molar-refractivity contribution in [3.63, 3.8) is 0 Å². The molecular formula is C16H15N3OS. The first kappa shape index (κ1) is 12.6. The van der Waals surface area contributed by atoms with Gasteiger partial charge in [0.2, 0.25) is 5.91 Å². The van der Waals surface area contributed by atoms with Crippen molar-refractivity contribution in [2.24, 2.45) is 0 Å². The van der Waals surface area contributed by atoms with E-state index in [0.29, 0.717) is 12.5 Å². The van der Waals surface area contributed by atoms with Crippen LogP contribution in [0.1, 0.15) is 18.5 Å². The molecule has 2 aromatic heterocycles. The van der Waals surface area contributed by atoms with Crippen LogP contribution in [0.2, 0.25) is 0 Å². The predicted octanol–water partition coefficient (Wildman–Crippen LogP) is 2.88. The van der Waals surface area contributed by atoms with E-state index in [1.54, 1.807) is 11.3 Å². The highest BCUT2D eigenvalue weighted by atomic mass is 32.1. The van der Waals surface area contributed by atoms with Gasteiger partial charge in [-0.15, -0.1) is 11.3 Å². The van der Waals surface area contributed by atoms with Crippen LogP contribution in [-0.2, 0) is 11.2 Å². The van der Waals surface area contributed by atoms with Crippen LogP contribution < -0.4 is 5.32 Å². The zero-order chi connectivity index (χ0) is 14.2. The molecule has 1 N–H and O–H groups in total. The summed E-state index contributed by atoms with van der Waals surface area (Å²) in [5.41, 5.74) is 3.05. The predicted molar refractivity (Wildman–Crippen MR) is 83.4 cm³/mol. The molecule has 0 saturated heterocycles. The molecule has 1 aliphatic carbocycles. The quantitative estimate of drug-likeness (QED) is 0.805. The molecule has 0 radical (unpaired) electrons. The second kappa shape index (κ2) is 5.00. The molecule has 4 nitrogen and oxygen atoms in total. The summed E-state index contributed by atoms with van der Waals surface area (Å²) in [4.78, 5) is 17.5. The third kappa shape index (κ3) is 2.56. The van der Waals surface area contributed by atoms with Crippen molar-refractivity contribution in [3.8, 4) is 11.3 Å². The molecular weight excluding hydrogens is 282 g/mol. The molecule has 2 heterocycles. The largest absolute Gasteiger partial charge is 0.353 e. The first-order valence-corrected chi connectivity index (χ1v) is 7.98. The van der Waals surface area contributed by atoms with Crippen LogP contribution in [0.25, 0.3) is 16.2 Å². The Morgan fingerprint density at radius 1 is 1.33 bits per heavy atom. The number of carbonyl (C=O) groups is 1. The Kier molecular flexibility index (Phi) is 3.00. The van der Waals surface area contributed by atoms with Gasteiger partial charge in [0.25, 0.3) is 0 Å². The van der Waals surface area contributed by atoms with Crippen molar-refractivity contribution in [2.45, 2.75) is 25.3 Å². The van der Waals surface area contributed by atoms with E-state index in [9.17, 15) is 4.79 Å². The fraction of sp³-hybridized carbons (Fsp3) is 0.250. The lowest BCUT2D eigenvalue weighted by Crippen LogP contribution is -2.27. The minimum Gasteiger partial charge on any atom is -0.353 e. The summed E-state index contributed by atoms with van der Waals surface area (Å²) in [5, 5.41) is 5.04. The molecule has 3 aromatic rings. The molecule has 0 atom stereocenters. The molecule has 0 spiro atoms. The van der Waals surface area contributed by atoms with Crippen LogP contribution in [-0.4, -0.2) is 21.3 Å². The number of hydrogen-bond acceptors (Lipinski definition) is 3. The molecule has 4 rings (SSSR count). The Morgan fingerprint density at radius 2 is 2.14 bits per heavy atom. The number of carbonyl (C=O) groups excluding carboxylic acids is 1. The number of hydrogen-bond donors (Lipinski definition) is 1. The van der Waals surface area contributed by atoms with E-state index < -0.39 is 0 Å². The van der Waals surface area contributed by atoms with Gasteiger partial charge in [-0.3, -0.25) is 9.20 Å². The third-order valence-corrected chi connectivity index (χ3v) is 4.53. The van der Waals surface area contributed by atoms with Crippen molar-refractivity contribution in [1.82, 2.24) is 14.7 Å². The zero-order valence-corrected chi connectivity index (χ0v) is 12.3. The number of thiazole rings is 1. The lowest BCUT2D eigenvalue weighted by atomic mass is 10.2. The molecule has 1 aromatic carbocycles. The number of fused-ring (bicyclic) bond motifs is 1. The van der Waals surface area contributed by atoms with Gasteiger partial charge in [-0.25, -0.2) is 4.98 Å². The summed E-state index contributed by atoms with van der Waals surface area (Å²) in [5.74, 6) is 0.104. The average molecular weight is 297 g/mol. The maximum Gasteiger partial charge on any atom is 0.226 e. The standard InChI is InChI=1S/C16H15N3OS/c20-15(17-12-6-7-12)8-13-10-21-16-18-14(9-19(13)16)11-4-2-1-3-5-11/h1-5,9-10,12H,6-8H2,(H,17,20). The highest BCUT2D eigenvalue weighted by Gasteiger charge is 2.23. The number of benzene rings is 1. The second-order valence-corrected chi connectivity index (χ2v) is 6.23. The topological polar surface area (TPSA) is 46.4 Å². The van der Waals surface area contributed by atoms with Crippen LogP contribution >= 0.6 is 11.3 Å². The van der Waals surface area contributed by atoms with E-state index >= 15 is 0 Å². The highest BCUT2D eigenvalue weighted by Crippen LogP contribution is 2.24. The normalized spacial score (nSPS) is 14.5. The molecule has 1 amide bonds. The monoisotopic (exact) mass is 297 g/mol. The van der Waals surface area contributed by atoms with E-state index in [1.165, 1.54) is 0 Å². The number of amides is 1. The number of rotatable bonds is 4. The summed E-state index contributed by atoms with van der Waals surface area (Å²) in [6.45, 7) is 0. The molecule has 1 aliphatic rings. The SMILES string of the molecule is O=C(Cc1csc2nc(-c3ccccc3)cn12)NC1CC1. The Morgan fingerprint density at radius 3 is 2.90 bits per heavy atom. The molecule has 106 valence electrons. The van der Waals surface area contributed by atoms with Gasteiger partial charge in [-0.1, -0.05) is 30.3 Å². The van der Waals surface area contributed by atoms with Crippen LogP contribution in [0.15, 0.2) is 41.9 Å². The van der Waals surface area contributed by atoms with Crippen molar-refractivity contribution in [2.75, 3.05) is 0 Å². The van der Waals surface area contributed by atoms with Crippen LogP contribution in [0.3, 0.4) is 0 Å². The van der Waals surface area contributed by atoms with E-state index in [4.69, 9.17) is 0 Å². The number of imidazole rings is 1. The lowest BCUT2D eigenvalue weighted by Gasteiger charge is -2.02. The smallest absolute Gasteiger partial charge is 0.226 e. The Labute approximate surface area is 126 Å². The van der Waals surface area contributed by atoms with Crippen LogP contribution in [0.5, 0.6) is 0 Å². The van der Waals surface area contributed by atoms with Crippen LogP contribution in [0.4, 0.5) is 0 Å². The van der Waals surface area contributed by atoms with Crippen molar-refractivity contribution < 1.29 is 4.79 Å². The summed E-state index contributed by atoms with van der Waals surface area (Å²) in [6, 6.07) is 10.5. The molecule has 0 aliphatic heterocycles. The third-order valence-electron chi connectivity index (χ3n) is 3.64. The van der Waals surface area contributed by atoms with Crippen molar-refractivity contribution in [1.29, 1.82) is 0 Å². The van der Waals surface area contributed by atoms with E-state index in [0.717, 1.165) is 34.8 Å². The maximum atomic E-state index is 11.9. The fourth-order valence-corrected chi connectivity index (χ4v) is 3.25. The Bertz CT molecular complexity index is 786. The van der Waals surface area contributed by atoms with Gasteiger partial charge < -0.3 is 5.32 Å². The number of nitrogens with one attached hydrogen (secondary N) is 1. The molecule has 0 bridgehead atoms. The van der Waals surface area contributed by atoms with E-state index in [2.05, 4.69) is 10.3 Å². The van der Waals surface area contributed by atoms with Crippen LogP contribution in [0, 0.1) is 0 Å². The van der Waals surface area contributed by atoms with Gasteiger partial charge in [0.05, 0.1) is 12.1 Å². The number of nitrogens with zero attached hydrogens (tertiary/aromatic N) is 2. The molecule has 21 heavy (non-hydrogen) atoms. The maximum absolute atomic E-state index is 11.9. The molecule has 5 heteroatoms. The van der Waals surface area contributed by atoms with Crippen molar-refractivity contribution >= 4 is 22.2 Å². The van der Waals surface area contributed by atoms with Gasteiger partial charge in [0.1, 0.15) is 0 Å². The highest BCUT2D eigenvalue weighted by molar-refractivity contribution is 7.15. The summed E-state index contributed by atoms with van der Waals surface area (Å²) in [7, 11) is 0. The van der Waals surface area contributed by atoms with Gasteiger partial charge in [-0.05, 0) is 12.8 Å². The van der Waals surface area contributed by atoms with Gasteiger partial charge in [-0.2, -0.15) is 0 Å². The first-order valence-electron chi connectivity index (χ1n) is 7.10. The summed E-state index contributed by atoms with van der Waals surface area (Å²) >= 11 is 1.58. The summed E-state index contributed by atoms with van der Waals surface area (Å²) in [6.07, 6.45) is 4.67. The van der Waals surface area contributed by atoms with Gasteiger partial charge in [0.15, 0.2) is 4.96 Å². The zero-order valence-electron chi connectivity index (χ0n) is 11.5. The molecule has 1 saturated carbocycles. The lowest BCUT2D eigenvalue weighted by molar-refractivity contribution is -0.120. The minimum atomic E-state index is 0.104. The minimum absolute atomic E-state index is 0.104. The first-order chi connectivity index (χ1) is 10.3. The van der Waals surface area contributed by atoms with Crippen molar-refractivity contribution in [3.05, 3.63) is 47.6 Å². The van der Waals surface area contributed by atoms with Gasteiger partial charge in [0, 0.05) is 28.9 Å². The van der Waals surface area contributed by atoms with E-state index in [-0.39, 0.29) is 5.91 Å². The Balaban J connectivity index is 1.61. The number of aromatic nitrogens is 2. The van der Waals surface area contributed by atoms with E-state index in [1.807, 2.05) is 46.3 Å². The Hall–Kier alpha value is -2.14. The summed E-state index contributed by atoms with van der Waals surface area (Å²) < 4.78 is 2.03.